The van der Waals surface area contributed by atoms with Crippen LogP contribution in [0.5, 0.6) is 0 Å². The highest BCUT2D eigenvalue weighted by Crippen LogP contribution is 2.27. The normalized spacial score (nSPS) is 31.8. The van der Waals surface area contributed by atoms with Crippen LogP contribution in [0.25, 0.3) is 0 Å². The lowest BCUT2D eigenvalue weighted by Crippen LogP contribution is -2.56. The van der Waals surface area contributed by atoms with Crippen molar-refractivity contribution in [3.63, 3.8) is 0 Å². The van der Waals surface area contributed by atoms with E-state index in [9.17, 15) is 13.2 Å². The molecule has 0 aromatic heterocycles. The van der Waals surface area contributed by atoms with Crippen LogP contribution in [0.1, 0.15) is 32.6 Å². The minimum absolute atomic E-state index is 0.173. The van der Waals surface area contributed by atoms with E-state index in [1.165, 1.54) is 6.42 Å². The lowest BCUT2D eigenvalue weighted by molar-refractivity contribution is -0.141. The maximum absolute atomic E-state index is 12.3. The average Bonchev–Trinajstić information content (AvgIpc) is 2.70. The molecule has 2 unspecified atom stereocenters. The first-order chi connectivity index (χ1) is 7.99. The Hall–Kier alpha value is -0.290. The van der Waals surface area contributed by atoms with Gasteiger partial charge in [0.25, 0.3) is 0 Å². The fraction of sp³-hybridized carbons (Fsp3) is 1.00. The van der Waals surface area contributed by atoms with Gasteiger partial charge in [0.05, 0.1) is 6.42 Å². The van der Waals surface area contributed by atoms with Crippen molar-refractivity contribution < 1.29 is 13.2 Å². The van der Waals surface area contributed by atoms with Crippen molar-refractivity contribution in [1.29, 1.82) is 0 Å². The van der Waals surface area contributed by atoms with Gasteiger partial charge in [0, 0.05) is 31.7 Å². The van der Waals surface area contributed by atoms with Gasteiger partial charge in [-0.2, -0.15) is 13.2 Å². The molecule has 0 N–H and O–H groups in total. The second-order valence-corrected chi connectivity index (χ2v) is 5.21. The minimum atomic E-state index is -4.02. The van der Waals surface area contributed by atoms with E-state index in [1.54, 1.807) is 0 Å². The molecule has 2 fully saturated rings. The average molecular weight is 250 g/mol. The summed E-state index contributed by atoms with van der Waals surface area (Å²) < 4.78 is 36.8. The Labute approximate surface area is 101 Å². The quantitative estimate of drug-likeness (QED) is 0.759. The Morgan fingerprint density at radius 1 is 1.24 bits per heavy atom. The van der Waals surface area contributed by atoms with Gasteiger partial charge in [-0.05, 0) is 25.8 Å². The van der Waals surface area contributed by atoms with E-state index in [0.717, 1.165) is 32.5 Å². The first-order valence-electron chi connectivity index (χ1n) is 6.54. The molecule has 2 heterocycles. The number of hydrogen-bond donors (Lipinski definition) is 0. The first-order valence-corrected chi connectivity index (χ1v) is 6.54. The standard InChI is InChI=1S/C12H21F3N2/c1-2-10-8-16-6-3-4-11(16)9-17(10)7-5-12(13,14)15/h10-11H,2-9H2,1H3. The fourth-order valence-corrected chi connectivity index (χ4v) is 3.08. The number of alkyl halides is 3. The zero-order valence-corrected chi connectivity index (χ0v) is 10.3. The van der Waals surface area contributed by atoms with Crippen molar-refractivity contribution in [2.45, 2.75) is 50.9 Å². The zero-order valence-electron chi connectivity index (χ0n) is 10.3. The van der Waals surface area contributed by atoms with Crippen LogP contribution < -0.4 is 0 Å². The summed E-state index contributed by atoms with van der Waals surface area (Å²) >= 11 is 0. The summed E-state index contributed by atoms with van der Waals surface area (Å²) in [7, 11) is 0. The number of nitrogens with zero attached hydrogens (tertiary/aromatic N) is 2. The summed E-state index contributed by atoms with van der Waals surface area (Å²) in [5.41, 5.74) is 0. The predicted molar refractivity (Wildman–Crippen MR) is 60.9 cm³/mol. The van der Waals surface area contributed by atoms with Crippen LogP contribution in [-0.2, 0) is 0 Å². The smallest absolute Gasteiger partial charge is 0.298 e. The van der Waals surface area contributed by atoms with Gasteiger partial charge in [0.1, 0.15) is 0 Å². The van der Waals surface area contributed by atoms with Crippen LogP contribution in [0.4, 0.5) is 13.2 Å². The van der Waals surface area contributed by atoms with E-state index < -0.39 is 12.6 Å². The Kier molecular flexibility index (Phi) is 3.98. The molecule has 0 spiro atoms. The van der Waals surface area contributed by atoms with Crippen molar-refractivity contribution >= 4 is 0 Å². The Balaban J connectivity index is 1.90. The largest absolute Gasteiger partial charge is 0.390 e. The highest BCUT2D eigenvalue weighted by Gasteiger charge is 2.37. The molecule has 2 rings (SSSR count). The molecule has 0 saturated carbocycles. The third kappa shape index (κ3) is 3.35. The van der Waals surface area contributed by atoms with Crippen molar-refractivity contribution in [2.75, 3.05) is 26.2 Å². The van der Waals surface area contributed by atoms with E-state index in [1.807, 2.05) is 0 Å². The van der Waals surface area contributed by atoms with E-state index in [2.05, 4.69) is 16.7 Å². The van der Waals surface area contributed by atoms with Gasteiger partial charge in [0.15, 0.2) is 0 Å². The van der Waals surface area contributed by atoms with Crippen LogP contribution >= 0.6 is 0 Å². The molecule has 17 heavy (non-hydrogen) atoms. The van der Waals surface area contributed by atoms with E-state index in [4.69, 9.17) is 0 Å². The van der Waals surface area contributed by atoms with Crippen LogP contribution in [0, 0.1) is 0 Å². The number of halogens is 3. The molecule has 0 aliphatic carbocycles. The molecule has 0 radical (unpaired) electrons. The fourth-order valence-electron chi connectivity index (χ4n) is 3.08. The third-order valence-electron chi connectivity index (χ3n) is 4.06. The molecule has 2 aliphatic rings. The molecule has 5 heteroatoms. The molecular weight excluding hydrogens is 229 g/mol. The SMILES string of the molecule is CCC1CN2CCCC2CN1CCC(F)(F)F. The first kappa shape index (κ1) is 13.1. The monoisotopic (exact) mass is 250 g/mol. The maximum Gasteiger partial charge on any atom is 0.390 e. The Morgan fingerprint density at radius 3 is 2.65 bits per heavy atom. The van der Waals surface area contributed by atoms with Crippen molar-refractivity contribution in [3.8, 4) is 0 Å². The van der Waals surface area contributed by atoms with Gasteiger partial charge < -0.3 is 0 Å². The third-order valence-corrected chi connectivity index (χ3v) is 4.06. The molecule has 2 saturated heterocycles. The Bertz CT molecular complexity index is 255. The molecule has 2 aliphatic heterocycles. The van der Waals surface area contributed by atoms with Crippen LogP contribution in [0.2, 0.25) is 0 Å². The number of fused-ring (bicyclic) bond motifs is 1. The molecule has 2 atom stereocenters. The second kappa shape index (κ2) is 5.14. The minimum Gasteiger partial charge on any atom is -0.298 e. The van der Waals surface area contributed by atoms with Crippen LogP contribution in [0.15, 0.2) is 0 Å². The van der Waals surface area contributed by atoms with Gasteiger partial charge in [-0.15, -0.1) is 0 Å². The lowest BCUT2D eigenvalue weighted by atomic mass is 10.0. The topological polar surface area (TPSA) is 6.48 Å². The second-order valence-electron chi connectivity index (χ2n) is 5.21. The number of rotatable bonds is 3. The number of hydrogen-bond acceptors (Lipinski definition) is 2. The maximum atomic E-state index is 12.3. The predicted octanol–water partition coefficient (Wildman–Crippen LogP) is 2.50. The highest BCUT2D eigenvalue weighted by molar-refractivity contribution is 4.91. The summed E-state index contributed by atoms with van der Waals surface area (Å²) in [6, 6.07) is 0.817. The molecular formula is C12H21F3N2. The zero-order chi connectivity index (χ0) is 12.5. The summed E-state index contributed by atoms with van der Waals surface area (Å²) in [6.07, 6.45) is -1.39. The molecule has 0 bridgehead atoms. The van der Waals surface area contributed by atoms with Gasteiger partial charge in [-0.1, -0.05) is 6.92 Å². The van der Waals surface area contributed by atoms with Crippen LogP contribution in [-0.4, -0.2) is 54.2 Å². The molecule has 100 valence electrons. The highest BCUT2D eigenvalue weighted by atomic mass is 19.4. The molecule has 2 nitrogen and oxygen atoms in total. The molecule has 0 aromatic rings. The van der Waals surface area contributed by atoms with E-state index >= 15 is 0 Å². The Morgan fingerprint density at radius 2 is 2.00 bits per heavy atom. The summed E-state index contributed by atoms with van der Waals surface area (Å²) in [5, 5.41) is 0. The van der Waals surface area contributed by atoms with E-state index in [-0.39, 0.29) is 6.54 Å². The van der Waals surface area contributed by atoms with Gasteiger partial charge in [0.2, 0.25) is 0 Å². The van der Waals surface area contributed by atoms with Crippen molar-refractivity contribution in [1.82, 2.24) is 9.80 Å². The molecule has 0 amide bonds. The summed E-state index contributed by atoms with van der Waals surface area (Å²) in [6.45, 7) is 5.16. The lowest BCUT2D eigenvalue weighted by Gasteiger charge is -2.43. The number of piperazine rings is 1. The van der Waals surface area contributed by atoms with Gasteiger partial charge >= 0.3 is 6.18 Å². The van der Waals surface area contributed by atoms with Gasteiger partial charge in [-0.3, -0.25) is 9.80 Å². The van der Waals surface area contributed by atoms with Crippen LogP contribution in [0.3, 0.4) is 0 Å². The van der Waals surface area contributed by atoms with Crippen molar-refractivity contribution in [2.24, 2.45) is 0 Å². The van der Waals surface area contributed by atoms with Gasteiger partial charge in [-0.25, -0.2) is 0 Å². The van der Waals surface area contributed by atoms with Crippen molar-refractivity contribution in [3.05, 3.63) is 0 Å². The summed E-state index contributed by atoms with van der Waals surface area (Å²) in [4.78, 5) is 4.51. The molecule has 0 aromatic carbocycles. The summed E-state index contributed by atoms with van der Waals surface area (Å²) in [5.74, 6) is 0. The van der Waals surface area contributed by atoms with E-state index in [0.29, 0.717) is 12.1 Å².